The van der Waals surface area contributed by atoms with Gasteiger partial charge in [-0.2, -0.15) is 0 Å². The predicted octanol–water partition coefficient (Wildman–Crippen LogP) is 19.4. The number of ether oxygens (including phenoxy) is 4. The lowest BCUT2D eigenvalue weighted by Crippen LogP contribution is -1.95. The molecule has 0 saturated carbocycles. The fraction of sp³-hybridized carbons (Fsp3) is 0.516. The molecule has 5 rings (SSSR count). The van der Waals surface area contributed by atoms with Crippen LogP contribution < -0.4 is 18.9 Å². The maximum absolute atomic E-state index is 12.8. The van der Waals surface area contributed by atoms with Crippen molar-refractivity contribution in [2.45, 2.75) is 176 Å². The van der Waals surface area contributed by atoms with Crippen LogP contribution in [0.2, 0.25) is 0 Å². The molecular weight excluding hydrogens is 858 g/mol. The van der Waals surface area contributed by atoms with E-state index in [-0.39, 0.29) is 47.2 Å². The van der Waals surface area contributed by atoms with E-state index in [0.29, 0.717) is 23.7 Å². The second kappa shape index (κ2) is 39.7. The number of pyridine rings is 1. The minimum absolute atomic E-state index is 0. The highest BCUT2D eigenvalue weighted by Gasteiger charge is 2.09. The Morgan fingerprint density at radius 3 is 1.36 bits per heavy atom. The first-order valence-electron chi connectivity index (χ1n) is 23.2. The van der Waals surface area contributed by atoms with Gasteiger partial charge in [-0.1, -0.05) is 181 Å². The van der Waals surface area contributed by atoms with E-state index in [1.54, 1.807) is 47.6 Å². The van der Waals surface area contributed by atoms with Crippen molar-refractivity contribution in [2.75, 3.05) is 28.4 Å². The number of hydrogen-bond acceptors (Lipinski definition) is 6. The molecule has 0 aliphatic carbocycles. The maximum atomic E-state index is 12.8. The molecule has 0 radical (unpaired) electrons. The topological polar surface area (TPSA) is 66.9 Å². The quantitative estimate of drug-likeness (QED) is 0.116. The summed E-state index contributed by atoms with van der Waals surface area (Å²) in [6.45, 7) is 34.0. The number of rotatable bonds is 12. The summed E-state index contributed by atoms with van der Waals surface area (Å²) in [6, 6.07) is 30.9. The van der Waals surface area contributed by atoms with Crippen LogP contribution in [0.15, 0.2) is 103 Å². The van der Waals surface area contributed by atoms with Gasteiger partial charge in [-0.25, -0.2) is 9.37 Å². The van der Waals surface area contributed by atoms with Gasteiger partial charge >= 0.3 is 0 Å². The molecular formula is C62H102FNO5. The summed E-state index contributed by atoms with van der Waals surface area (Å²) in [5.74, 6) is 7.33. The lowest BCUT2D eigenvalue weighted by molar-refractivity contribution is 0.101. The number of halogens is 1. The number of nitrogens with zero attached hydrogens (tertiary/aromatic N) is 1. The number of aromatic nitrogens is 1. The summed E-state index contributed by atoms with van der Waals surface area (Å²) in [5, 5.41) is 0. The fourth-order valence-corrected chi connectivity index (χ4v) is 6.47. The van der Waals surface area contributed by atoms with Crippen LogP contribution in [-0.4, -0.2) is 39.2 Å². The summed E-state index contributed by atoms with van der Waals surface area (Å²) in [4.78, 5) is 15.1. The molecule has 1 heterocycles. The van der Waals surface area contributed by atoms with Gasteiger partial charge in [0, 0.05) is 22.9 Å². The SMILES string of the molecule is C.C.C.C.CC(=O)c1cccc(C(C)C)c1.CC(C)CC(C)C.COc1ccc(F)cc1C(C)C.COc1ccc(OC)c(C(C)C)c1.COc1ncccc1C(C)C.Cc1ccc(C(C)C)cc1. The van der Waals surface area contributed by atoms with Crippen molar-refractivity contribution in [2.24, 2.45) is 11.8 Å². The van der Waals surface area contributed by atoms with Gasteiger partial charge in [0.2, 0.25) is 5.88 Å². The number of carbonyl (C=O) groups is 1. The molecule has 1 aromatic heterocycles. The van der Waals surface area contributed by atoms with Gasteiger partial charge in [-0.15, -0.1) is 0 Å². The molecule has 392 valence electrons. The molecule has 0 saturated heterocycles. The highest BCUT2D eigenvalue weighted by Crippen LogP contribution is 2.30. The fourth-order valence-electron chi connectivity index (χ4n) is 6.47. The molecule has 69 heavy (non-hydrogen) atoms. The van der Waals surface area contributed by atoms with Crippen molar-refractivity contribution in [3.05, 3.63) is 148 Å². The normalized spacial score (nSPS) is 9.80. The van der Waals surface area contributed by atoms with E-state index in [9.17, 15) is 9.18 Å². The molecule has 4 aromatic carbocycles. The highest BCUT2D eigenvalue weighted by molar-refractivity contribution is 5.94. The monoisotopic (exact) mass is 960 g/mol. The Balaban J connectivity index is -0.000000237. The van der Waals surface area contributed by atoms with Gasteiger partial charge in [-0.3, -0.25) is 4.79 Å². The summed E-state index contributed by atoms with van der Waals surface area (Å²) in [5.41, 5.74) is 8.05. The average Bonchev–Trinajstić information content (AvgIpc) is 3.26. The minimum atomic E-state index is -0.209. The zero-order chi connectivity index (χ0) is 49.8. The van der Waals surface area contributed by atoms with Crippen molar-refractivity contribution < 1.29 is 28.1 Å². The number of hydrogen-bond donors (Lipinski definition) is 0. The summed E-state index contributed by atoms with van der Waals surface area (Å²) < 4.78 is 33.4. The van der Waals surface area contributed by atoms with Crippen LogP contribution in [0.25, 0.3) is 0 Å². The lowest BCUT2D eigenvalue weighted by Gasteiger charge is -2.12. The van der Waals surface area contributed by atoms with E-state index >= 15 is 0 Å². The molecule has 0 unspecified atom stereocenters. The second-order valence-electron chi connectivity index (χ2n) is 18.5. The lowest BCUT2D eigenvalue weighted by atomic mass is 10.00. The first kappa shape index (κ1) is 72.8. The first-order valence-corrected chi connectivity index (χ1v) is 23.2. The van der Waals surface area contributed by atoms with Gasteiger partial charge < -0.3 is 18.9 Å². The van der Waals surface area contributed by atoms with E-state index in [4.69, 9.17) is 18.9 Å². The Kier molecular flexibility index (Phi) is 41.8. The Labute approximate surface area is 425 Å². The van der Waals surface area contributed by atoms with Crippen LogP contribution >= 0.6 is 0 Å². The molecule has 0 N–H and O–H groups in total. The number of carbonyl (C=O) groups excluding carboxylic acids is 1. The summed E-state index contributed by atoms with van der Waals surface area (Å²) in [7, 11) is 6.60. The Bertz CT molecular complexity index is 2030. The summed E-state index contributed by atoms with van der Waals surface area (Å²) >= 11 is 0. The average molecular weight is 960 g/mol. The zero-order valence-corrected chi connectivity index (χ0v) is 43.9. The molecule has 5 aromatic rings. The zero-order valence-electron chi connectivity index (χ0n) is 43.9. The second-order valence-corrected chi connectivity index (χ2v) is 18.5. The Morgan fingerprint density at radius 2 is 0.986 bits per heavy atom. The standard InChI is InChI=1S/C11H16O2.C11H14O.C10H13FO.C10H14.C9H13NO.C7H16.4CH4/c1-8(2)10-7-9(12-3)5-6-11(10)13-4;1-8(2)10-5-4-6-11(7-10)9(3)12;1-7(2)9-6-8(11)4-5-10(9)12-3;1-8(2)10-6-4-9(3)5-7-10;1-7(2)8-5-4-6-10-9(8)11-3;1-6(2)5-7(3)4;;;;/h5-8H,1-4H3;4-8H,1-3H3;4-7H,1-3H3;4-8H,1-3H3;4-7H,1-3H3;6-7H,5H2,1-4H3;4*1H4. The predicted molar refractivity (Wildman–Crippen MR) is 303 cm³/mol. The molecule has 6 nitrogen and oxygen atoms in total. The molecule has 0 spiro atoms. The van der Waals surface area contributed by atoms with Crippen LogP contribution in [0.3, 0.4) is 0 Å². The largest absolute Gasteiger partial charge is 0.497 e. The van der Waals surface area contributed by atoms with Crippen molar-refractivity contribution >= 4 is 5.78 Å². The van der Waals surface area contributed by atoms with Crippen molar-refractivity contribution in [3.8, 4) is 23.1 Å². The van der Waals surface area contributed by atoms with E-state index in [1.165, 1.54) is 40.8 Å². The van der Waals surface area contributed by atoms with Crippen molar-refractivity contribution in [1.82, 2.24) is 4.98 Å². The van der Waals surface area contributed by atoms with Gasteiger partial charge in [0.25, 0.3) is 0 Å². The number of aryl methyl sites for hydroxylation is 1. The van der Waals surface area contributed by atoms with E-state index in [1.807, 2.05) is 62.4 Å². The number of benzene rings is 4. The molecule has 0 amide bonds. The number of ketones is 1. The van der Waals surface area contributed by atoms with E-state index in [0.717, 1.165) is 51.7 Å². The summed E-state index contributed by atoms with van der Waals surface area (Å²) in [6.07, 6.45) is 3.10. The maximum Gasteiger partial charge on any atom is 0.216 e. The highest BCUT2D eigenvalue weighted by atomic mass is 19.1. The Morgan fingerprint density at radius 1 is 0.507 bits per heavy atom. The molecule has 0 aliphatic rings. The molecule has 0 atom stereocenters. The molecule has 0 bridgehead atoms. The van der Waals surface area contributed by atoms with Gasteiger partial charge in [-0.05, 0) is 127 Å². The third-order valence-corrected chi connectivity index (χ3v) is 10.1. The number of methoxy groups -OCH3 is 4. The van der Waals surface area contributed by atoms with Crippen LogP contribution in [-0.2, 0) is 0 Å². The van der Waals surface area contributed by atoms with Gasteiger partial charge in [0.15, 0.2) is 5.78 Å². The van der Waals surface area contributed by atoms with E-state index in [2.05, 4.69) is 125 Å². The van der Waals surface area contributed by atoms with Crippen molar-refractivity contribution in [3.63, 3.8) is 0 Å². The van der Waals surface area contributed by atoms with E-state index < -0.39 is 0 Å². The first-order chi connectivity index (χ1) is 30.5. The van der Waals surface area contributed by atoms with Crippen LogP contribution in [0.5, 0.6) is 23.1 Å². The van der Waals surface area contributed by atoms with Crippen molar-refractivity contribution in [1.29, 1.82) is 0 Å². The van der Waals surface area contributed by atoms with Crippen LogP contribution in [0.1, 0.15) is 213 Å². The number of Topliss-reactive ketones (excluding diaryl/α,β-unsaturated/α-hetero) is 1. The molecule has 0 aliphatic heterocycles. The van der Waals surface area contributed by atoms with Crippen LogP contribution in [0, 0.1) is 24.6 Å². The third kappa shape index (κ3) is 30.1. The molecule has 0 fully saturated rings. The molecule has 7 heteroatoms. The van der Waals surface area contributed by atoms with Gasteiger partial charge in [0.1, 0.15) is 23.1 Å². The minimum Gasteiger partial charge on any atom is -0.497 e. The van der Waals surface area contributed by atoms with Gasteiger partial charge in [0.05, 0.1) is 28.4 Å². The Hall–Kier alpha value is -5.17. The third-order valence-electron chi connectivity index (χ3n) is 10.1. The van der Waals surface area contributed by atoms with Crippen LogP contribution in [0.4, 0.5) is 4.39 Å². The smallest absolute Gasteiger partial charge is 0.216 e.